The van der Waals surface area contributed by atoms with Gasteiger partial charge in [0.25, 0.3) is 11.1 Å². The van der Waals surface area contributed by atoms with Gasteiger partial charge in [0.15, 0.2) is 0 Å². The van der Waals surface area contributed by atoms with Crippen LogP contribution in [0.1, 0.15) is 11.1 Å². The van der Waals surface area contributed by atoms with E-state index in [0.29, 0.717) is 9.93 Å². The molecular formula is C20H16ClFN2O3S. The maximum Gasteiger partial charge on any atom is 0.293 e. The van der Waals surface area contributed by atoms with E-state index in [4.69, 9.17) is 11.6 Å². The highest BCUT2D eigenvalue weighted by Crippen LogP contribution is 2.32. The Morgan fingerprint density at radius 3 is 2.57 bits per heavy atom. The second-order valence-electron chi connectivity index (χ2n) is 6.00. The van der Waals surface area contributed by atoms with E-state index in [1.165, 1.54) is 12.1 Å². The molecule has 1 heterocycles. The summed E-state index contributed by atoms with van der Waals surface area (Å²) in [6.07, 6.45) is 1.52. The third-order valence-electron chi connectivity index (χ3n) is 4.01. The van der Waals surface area contributed by atoms with E-state index in [2.05, 4.69) is 5.32 Å². The number of carbonyl (C=O) groups excluding carboxylic acids is 3. The van der Waals surface area contributed by atoms with Crippen molar-refractivity contribution in [3.63, 3.8) is 0 Å². The molecule has 0 saturated carbocycles. The van der Waals surface area contributed by atoms with Gasteiger partial charge in [-0.1, -0.05) is 41.9 Å². The average molecular weight is 419 g/mol. The number of thioether (sulfide) groups is 1. The molecule has 0 aromatic heterocycles. The van der Waals surface area contributed by atoms with E-state index in [0.717, 1.165) is 22.2 Å². The molecule has 0 aliphatic carbocycles. The molecule has 2 aromatic carbocycles. The Hall–Kier alpha value is -2.64. The molecule has 0 bridgehead atoms. The second-order valence-corrected chi connectivity index (χ2v) is 7.43. The van der Waals surface area contributed by atoms with Crippen molar-refractivity contribution < 1.29 is 18.8 Å². The van der Waals surface area contributed by atoms with Crippen LogP contribution in [0, 0.1) is 5.82 Å². The van der Waals surface area contributed by atoms with Gasteiger partial charge in [0, 0.05) is 18.1 Å². The first-order valence-electron chi connectivity index (χ1n) is 8.45. The fourth-order valence-electron chi connectivity index (χ4n) is 2.59. The van der Waals surface area contributed by atoms with Gasteiger partial charge in [-0.15, -0.1) is 0 Å². The quantitative estimate of drug-likeness (QED) is 0.723. The SMILES string of the molecule is O=C(Cc1ccccc1F)NCCN1C(=O)S/C(=C/c2ccc(Cl)cc2)C1=O. The minimum absolute atomic E-state index is 0.0473. The topological polar surface area (TPSA) is 66.5 Å². The molecule has 1 N–H and O–H groups in total. The molecule has 0 spiro atoms. The zero-order chi connectivity index (χ0) is 20.1. The van der Waals surface area contributed by atoms with Gasteiger partial charge in [-0.25, -0.2) is 4.39 Å². The van der Waals surface area contributed by atoms with Crippen molar-refractivity contribution in [1.29, 1.82) is 0 Å². The monoisotopic (exact) mass is 418 g/mol. The van der Waals surface area contributed by atoms with Crippen LogP contribution in [0.25, 0.3) is 6.08 Å². The Morgan fingerprint density at radius 1 is 1.14 bits per heavy atom. The Bertz CT molecular complexity index is 947. The number of benzene rings is 2. The van der Waals surface area contributed by atoms with Gasteiger partial charge >= 0.3 is 0 Å². The number of nitrogens with zero attached hydrogens (tertiary/aromatic N) is 1. The van der Waals surface area contributed by atoms with Gasteiger partial charge < -0.3 is 5.32 Å². The summed E-state index contributed by atoms with van der Waals surface area (Å²) in [6, 6.07) is 12.9. The Morgan fingerprint density at radius 2 is 1.86 bits per heavy atom. The van der Waals surface area contributed by atoms with Crippen molar-refractivity contribution in [1.82, 2.24) is 10.2 Å². The van der Waals surface area contributed by atoms with Crippen molar-refractivity contribution in [2.75, 3.05) is 13.1 Å². The number of hydrogen-bond donors (Lipinski definition) is 1. The molecule has 0 unspecified atom stereocenters. The van der Waals surface area contributed by atoms with Crippen molar-refractivity contribution >= 4 is 46.5 Å². The summed E-state index contributed by atoms with van der Waals surface area (Å²) in [4.78, 5) is 37.9. The number of rotatable bonds is 6. The largest absolute Gasteiger partial charge is 0.354 e. The summed E-state index contributed by atoms with van der Waals surface area (Å²) < 4.78 is 13.6. The first-order valence-corrected chi connectivity index (χ1v) is 9.64. The lowest BCUT2D eigenvalue weighted by molar-refractivity contribution is -0.124. The van der Waals surface area contributed by atoms with Crippen LogP contribution in [-0.4, -0.2) is 35.0 Å². The highest BCUT2D eigenvalue weighted by atomic mass is 35.5. The summed E-state index contributed by atoms with van der Waals surface area (Å²) in [5, 5.41) is 2.79. The molecule has 2 aromatic rings. The van der Waals surface area contributed by atoms with Crippen LogP contribution in [0.2, 0.25) is 5.02 Å². The molecular weight excluding hydrogens is 403 g/mol. The molecule has 8 heteroatoms. The maximum absolute atomic E-state index is 13.6. The molecule has 5 nitrogen and oxygen atoms in total. The van der Waals surface area contributed by atoms with Gasteiger partial charge in [0.1, 0.15) is 5.82 Å². The van der Waals surface area contributed by atoms with Gasteiger partial charge in [0.2, 0.25) is 5.91 Å². The minimum atomic E-state index is -0.448. The molecule has 0 atom stereocenters. The van der Waals surface area contributed by atoms with Crippen LogP contribution in [0.15, 0.2) is 53.4 Å². The predicted molar refractivity (Wildman–Crippen MR) is 107 cm³/mol. The van der Waals surface area contributed by atoms with E-state index in [-0.39, 0.29) is 31.0 Å². The van der Waals surface area contributed by atoms with E-state index in [1.54, 1.807) is 42.5 Å². The molecule has 1 fully saturated rings. The third kappa shape index (κ3) is 4.99. The third-order valence-corrected chi connectivity index (χ3v) is 5.17. The number of amides is 3. The molecule has 1 aliphatic rings. The molecule has 28 heavy (non-hydrogen) atoms. The smallest absolute Gasteiger partial charge is 0.293 e. The molecule has 3 amide bonds. The fourth-order valence-corrected chi connectivity index (χ4v) is 3.58. The summed E-state index contributed by atoms with van der Waals surface area (Å²) in [5.74, 6) is -1.24. The lowest BCUT2D eigenvalue weighted by atomic mass is 10.1. The van der Waals surface area contributed by atoms with E-state index in [9.17, 15) is 18.8 Å². The van der Waals surface area contributed by atoms with Crippen LogP contribution in [0.5, 0.6) is 0 Å². The van der Waals surface area contributed by atoms with Crippen molar-refractivity contribution in [3.8, 4) is 0 Å². The highest BCUT2D eigenvalue weighted by Gasteiger charge is 2.34. The minimum Gasteiger partial charge on any atom is -0.354 e. The van der Waals surface area contributed by atoms with Crippen molar-refractivity contribution in [3.05, 3.63) is 75.4 Å². The van der Waals surface area contributed by atoms with Crippen LogP contribution in [0.3, 0.4) is 0 Å². The summed E-state index contributed by atoms with van der Waals surface area (Å²) in [7, 11) is 0. The fraction of sp³-hybridized carbons (Fsp3) is 0.150. The zero-order valence-electron chi connectivity index (χ0n) is 14.7. The summed E-state index contributed by atoms with van der Waals surface area (Å²) >= 11 is 6.68. The Balaban J connectivity index is 1.54. The first kappa shape index (κ1) is 20.1. The summed E-state index contributed by atoms with van der Waals surface area (Å²) in [5.41, 5.74) is 1.05. The van der Waals surface area contributed by atoms with Crippen LogP contribution in [-0.2, 0) is 16.0 Å². The molecule has 1 aliphatic heterocycles. The highest BCUT2D eigenvalue weighted by molar-refractivity contribution is 8.18. The molecule has 1 saturated heterocycles. The molecule has 3 rings (SSSR count). The van der Waals surface area contributed by atoms with E-state index in [1.807, 2.05) is 0 Å². The number of halogens is 2. The summed E-state index contributed by atoms with van der Waals surface area (Å²) in [6.45, 7) is 0.144. The predicted octanol–water partition coefficient (Wildman–Crippen LogP) is 3.87. The van der Waals surface area contributed by atoms with Crippen LogP contribution < -0.4 is 5.32 Å². The number of nitrogens with one attached hydrogen (secondary N) is 1. The number of carbonyl (C=O) groups is 3. The standard InChI is InChI=1S/C20H16ClFN2O3S/c21-15-7-5-13(6-8-15)11-17-19(26)24(20(27)28-17)10-9-23-18(25)12-14-3-1-2-4-16(14)22/h1-8,11H,9-10,12H2,(H,23,25)/b17-11+. The molecule has 144 valence electrons. The van der Waals surface area contributed by atoms with E-state index >= 15 is 0 Å². The number of imide groups is 1. The van der Waals surface area contributed by atoms with Crippen molar-refractivity contribution in [2.45, 2.75) is 6.42 Å². The van der Waals surface area contributed by atoms with Gasteiger partial charge in [-0.3, -0.25) is 19.3 Å². The number of hydrogen-bond acceptors (Lipinski definition) is 4. The van der Waals surface area contributed by atoms with Crippen LogP contribution >= 0.6 is 23.4 Å². The van der Waals surface area contributed by atoms with E-state index < -0.39 is 17.0 Å². The van der Waals surface area contributed by atoms with Crippen LogP contribution in [0.4, 0.5) is 9.18 Å². The zero-order valence-corrected chi connectivity index (χ0v) is 16.2. The first-order chi connectivity index (χ1) is 13.4. The average Bonchev–Trinajstić information content (AvgIpc) is 2.93. The lowest BCUT2D eigenvalue weighted by Gasteiger charge is -2.13. The van der Waals surface area contributed by atoms with Gasteiger partial charge in [-0.05, 0) is 47.2 Å². The maximum atomic E-state index is 13.6. The normalized spacial score (nSPS) is 15.4. The van der Waals surface area contributed by atoms with Crippen molar-refractivity contribution in [2.24, 2.45) is 0 Å². The van der Waals surface area contributed by atoms with Gasteiger partial charge in [0.05, 0.1) is 11.3 Å². The Labute approximate surface area is 170 Å². The molecule has 0 radical (unpaired) electrons. The van der Waals surface area contributed by atoms with Gasteiger partial charge in [-0.2, -0.15) is 0 Å². The Kier molecular flexibility index (Phi) is 6.49. The second kappa shape index (κ2) is 9.03. The lowest BCUT2D eigenvalue weighted by Crippen LogP contribution is -2.37.